The molecule has 3 aromatic carbocycles. The van der Waals surface area contributed by atoms with Gasteiger partial charge in [0.25, 0.3) is 0 Å². The Labute approximate surface area is 254 Å². The van der Waals surface area contributed by atoms with E-state index in [0.29, 0.717) is 5.69 Å². The monoisotopic (exact) mass is 572 g/mol. The van der Waals surface area contributed by atoms with Gasteiger partial charge in [-0.05, 0) is 48.6 Å². The number of nitrogens with zero attached hydrogens (tertiary/aromatic N) is 4. The van der Waals surface area contributed by atoms with Crippen LogP contribution in [0.4, 0.5) is 5.69 Å². The number of para-hydroxylation sites is 1. The molecule has 0 N–H and O–H groups in total. The van der Waals surface area contributed by atoms with Crippen molar-refractivity contribution in [3.8, 4) is 11.3 Å². The lowest BCUT2D eigenvalue weighted by atomic mass is 9.78. The van der Waals surface area contributed by atoms with Crippen molar-refractivity contribution in [1.82, 2.24) is 14.5 Å². The molecule has 0 saturated carbocycles. The molecule has 1 aliphatic heterocycles. The van der Waals surface area contributed by atoms with Gasteiger partial charge in [0.15, 0.2) is 5.69 Å². The predicted octanol–water partition coefficient (Wildman–Crippen LogP) is 8.07. The summed E-state index contributed by atoms with van der Waals surface area (Å²) in [5.74, 6) is -0.450. The molecule has 43 heavy (non-hydrogen) atoms. The van der Waals surface area contributed by atoms with E-state index in [1.54, 1.807) is 12.4 Å². The summed E-state index contributed by atoms with van der Waals surface area (Å²) in [7, 11) is 2.08. The first-order valence-electron chi connectivity index (χ1n) is 15.6. The van der Waals surface area contributed by atoms with Gasteiger partial charge in [0, 0.05) is 60.2 Å². The number of aryl methyl sites for hydroxylation is 2. The van der Waals surface area contributed by atoms with Gasteiger partial charge in [0.1, 0.15) is 5.69 Å². The minimum Gasteiger partial charge on any atom is -0.438 e. The van der Waals surface area contributed by atoms with E-state index in [4.69, 9.17) is 9.72 Å². The molecular formula is C37H40N4O2. The highest BCUT2D eigenvalue weighted by atomic mass is 16.6. The first-order chi connectivity index (χ1) is 21.0. The van der Waals surface area contributed by atoms with E-state index < -0.39 is 11.6 Å². The maximum absolute atomic E-state index is 13.7. The Hall–Kier alpha value is -4.45. The van der Waals surface area contributed by atoms with Crippen LogP contribution in [0.1, 0.15) is 79.3 Å². The Balaban J connectivity index is 1.67. The average Bonchev–Trinajstić information content (AvgIpc) is 3.52. The molecule has 0 spiro atoms. The number of rotatable bonds is 11. The molecular weight excluding hydrogens is 532 g/mol. The third-order valence-electron chi connectivity index (χ3n) is 8.75. The fraction of sp³-hybridized carbons (Fsp3) is 0.324. The number of carbonyl (C=O) groups excluding carboxylic acids is 1. The number of hydrogen-bond acceptors (Lipinski definition) is 5. The second-order valence-corrected chi connectivity index (χ2v) is 11.4. The molecule has 5 aromatic rings. The van der Waals surface area contributed by atoms with Crippen molar-refractivity contribution < 1.29 is 9.53 Å². The minimum absolute atomic E-state index is 0.271. The summed E-state index contributed by atoms with van der Waals surface area (Å²) in [5, 5.41) is 1.02. The zero-order valence-corrected chi connectivity index (χ0v) is 25.6. The lowest BCUT2D eigenvalue weighted by Gasteiger charge is -2.33. The SMILES string of the molecule is CCCCN(CCCC)c1ccc(C2(c3c(-c4ccccc4)n(C)c4ccccc34)OC(=O)c3nccnc32)c(CC)c1. The average molecular weight is 573 g/mol. The maximum atomic E-state index is 13.7. The van der Waals surface area contributed by atoms with Crippen LogP contribution in [0.3, 0.4) is 0 Å². The molecule has 2 aromatic heterocycles. The van der Waals surface area contributed by atoms with Crippen molar-refractivity contribution in [3.05, 3.63) is 113 Å². The molecule has 220 valence electrons. The first-order valence-corrected chi connectivity index (χ1v) is 15.6. The summed E-state index contributed by atoms with van der Waals surface area (Å²) in [6.45, 7) is 8.70. The van der Waals surface area contributed by atoms with Gasteiger partial charge in [-0.1, -0.05) is 88.2 Å². The summed E-state index contributed by atoms with van der Waals surface area (Å²) >= 11 is 0. The van der Waals surface area contributed by atoms with Crippen LogP contribution < -0.4 is 4.90 Å². The Morgan fingerprint density at radius 1 is 0.860 bits per heavy atom. The van der Waals surface area contributed by atoms with Gasteiger partial charge >= 0.3 is 5.97 Å². The van der Waals surface area contributed by atoms with Crippen LogP contribution in [0.15, 0.2) is 85.2 Å². The summed E-state index contributed by atoms with van der Waals surface area (Å²) in [4.78, 5) is 25.5. The molecule has 6 nitrogen and oxygen atoms in total. The molecule has 1 unspecified atom stereocenters. The summed E-state index contributed by atoms with van der Waals surface area (Å²) < 4.78 is 8.87. The second-order valence-electron chi connectivity index (χ2n) is 11.4. The van der Waals surface area contributed by atoms with Gasteiger partial charge in [-0.25, -0.2) is 9.78 Å². The van der Waals surface area contributed by atoms with Gasteiger partial charge in [0.05, 0.1) is 5.69 Å². The van der Waals surface area contributed by atoms with Crippen molar-refractivity contribution in [2.75, 3.05) is 18.0 Å². The van der Waals surface area contributed by atoms with Crippen LogP contribution in [-0.4, -0.2) is 33.6 Å². The van der Waals surface area contributed by atoms with E-state index in [1.807, 2.05) is 24.3 Å². The quantitative estimate of drug-likeness (QED) is 0.150. The Kier molecular flexibility index (Phi) is 8.02. The first kappa shape index (κ1) is 28.7. The number of benzene rings is 3. The van der Waals surface area contributed by atoms with E-state index in [1.165, 1.54) is 5.69 Å². The number of esters is 1. The highest BCUT2D eigenvalue weighted by molar-refractivity contribution is 5.99. The molecule has 0 fully saturated rings. The number of aromatic nitrogens is 3. The van der Waals surface area contributed by atoms with E-state index in [9.17, 15) is 4.79 Å². The highest BCUT2D eigenvalue weighted by Crippen LogP contribution is 2.53. The number of hydrogen-bond donors (Lipinski definition) is 0. The summed E-state index contributed by atoms with van der Waals surface area (Å²) in [5.41, 5.74) is 6.84. The van der Waals surface area contributed by atoms with Gasteiger partial charge < -0.3 is 14.2 Å². The Bertz CT molecular complexity index is 1750. The van der Waals surface area contributed by atoms with Crippen LogP contribution in [-0.2, 0) is 23.8 Å². The summed E-state index contributed by atoms with van der Waals surface area (Å²) in [6.07, 6.45) is 8.61. The van der Waals surface area contributed by atoms with Crippen LogP contribution >= 0.6 is 0 Å². The summed E-state index contributed by atoms with van der Waals surface area (Å²) in [6, 6.07) is 25.4. The standard InChI is InChI=1S/C37H40N4O2/c1-5-8-23-41(24-9-6-2)28-19-20-30(26(7-3)25-28)37(35-33(36(42)43-37)38-21-22-39-35)32-29-17-13-14-18-31(29)40(4)34(32)27-15-11-10-12-16-27/h10-22,25H,5-9,23-24H2,1-4H3. The fourth-order valence-corrected chi connectivity index (χ4v) is 6.63. The molecule has 3 heterocycles. The normalized spacial score (nSPS) is 16.0. The van der Waals surface area contributed by atoms with Crippen LogP contribution in [0.2, 0.25) is 0 Å². The molecule has 1 aliphatic rings. The van der Waals surface area contributed by atoms with Crippen molar-refractivity contribution in [3.63, 3.8) is 0 Å². The van der Waals surface area contributed by atoms with Gasteiger partial charge in [-0.2, -0.15) is 0 Å². The third kappa shape index (κ3) is 4.79. The highest BCUT2D eigenvalue weighted by Gasteiger charge is 2.54. The lowest BCUT2D eigenvalue weighted by Crippen LogP contribution is -2.33. The molecule has 0 amide bonds. The largest absolute Gasteiger partial charge is 0.438 e. The Morgan fingerprint density at radius 3 is 2.28 bits per heavy atom. The molecule has 0 saturated heterocycles. The fourth-order valence-electron chi connectivity index (χ4n) is 6.63. The van der Waals surface area contributed by atoms with Crippen molar-refractivity contribution >= 4 is 22.6 Å². The predicted molar refractivity (Wildman–Crippen MR) is 174 cm³/mol. The molecule has 6 rings (SSSR count). The van der Waals surface area contributed by atoms with Crippen LogP contribution in [0.5, 0.6) is 0 Å². The number of fused-ring (bicyclic) bond motifs is 2. The van der Waals surface area contributed by atoms with E-state index >= 15 is 0 Å². The van der Waals surface area contributed by atoms with Crippen molar-refractivity contribution in [2.24, 2.45) is 7.05 Å². The molecule has 6 heteroatoms. The number of carbonyl (C=O) groups is 1. The van der Waals surface area contributed by atoms with E-state index in [0.717, 1.165) is 84.0 Å². The van der Waals surface area contributed by atoms with Gasteiger partial charge in [0.2, 0.25) is 5.60 Å². The van der Waals surface area contributed by atoms with Gasteiger partial charge in [-0.15, -0.1) is 0 Å². The minimum atomic E-state index is -1.27. The van der Waals surface area contributed by atoms with Crippen molar-refractivity contribution in [1.29, 1.82) is 0 Å². The third-order valence-corrected chi connectivity index (χ3v) is 8.75. The van der Waals surface area contributed by atoms with Crippen molar-refractivity contribution in [2.45, 2.75) is 58.5 Å². The molecule has 0 radical (unpaired) electrons. The van der Waals surface area contributed by atoms with Crippen LogP contribution in [0.25, 0.3) is 22.2 Å². The number of ether oxygens (including phenoxy) is 1. The smallest absolute Gasteiger partial charge is 0.360 e. The zero-order chi connectivity index (χ0) is 30.0. The topological polar surface area (TPSA) is 60.2 Å². The number of unbranched alkanes of at least 4 members (excludes halogenated alkanes) is 2. The molecule has 0 bridgehead atoms. The number of anilines is 1. The molecule has 0 aliphatic carbocycles. The van der Waals surface area contributed by atoms with Gasteiger partial charge in [-0.3, -0.25) is 4.98 Å². The molecule has 1 atom stereocenters. The lowest BCUT2D eigenvalue weighted by molar-refractivity contribution is 0.0244. The van der Waals surface area contributed by atoms with Crippen LogP contribution in [0, 0.1) is 0 Å². The number of cyclic esters (lactones) is 1. The Morgan fingerprint density at radius 2 is 1.56 bits per heavy atom. The van der Waals surface area contributed by atoms with E-state index in [-0.39, 0.29) is 5.69 Å². The second kappa shape index (κ2) is 12.0. The van der Waals surface area contributed by atoms with E-state index in [2.05, 4.69) is 90.8 Å². The zero-order valence-electron chi connectivity index (χ0n) is 25.6. The maximum Gasteiger partial charge on any atom is 0.360 e.